The number of hydrogen-bond acceptors (Lipinski definition) is 4. The van der Waals surface area contributed by atoms with E-state index in [1.54, 1.807) is 24.3 Å². The Bertz CT molecular complexity index is 815. The summed E-state index contributed by atoms with van der Waals surface area (Å²) in [6.45, 7) is -3.04. The van der Waals surface area contributed by atoms with Crippen LogP contribution in [0.1, 0.15) is 0 Å². The van der Waals surface area contributed by atoms with Gasteiger partial charge in [-0.3, -0.25) is 10.1 Å². The molecule has 0 atom stereocenters. The van der Waals surface area contributed by atoms with Crippen molar-refractivity contribution >= 4 is 16.7 Å². The minimum Gasteiger partial charge on any atom is -0.434 e. The number of aromatic nitrogens is 2. The lowest BCUT2D eigenvalue weighted by atomic mass is 10.1. The lowest BCUT2D eigenvalue weighted by Gasteiger charge is -2.08. The molecule has 112 valence electrons. The average Bonchev–Trinajstić information content (AvgIpc) is 2.90. The van der Waals surface area contributed by atoms with Gasteiger partial charge in [0.25, 0.3) is 5.69 Å². The van der Waals surface area contributed by atoms with E-state index in [9.17, 15) is 18.9 Å². The van der Waals surface area contributed by atoms with Gasteiger partial charge in [0.2, 0.25) is 0 Å². The van der Waals surface area contributed by atoms with E-state index in [1.165, 1.54) is 0 Å². The number of aromatic amines is 1. The molecule has 0 bridgehead atoms. The fourth-order valence-electron chi connectivity index (χ4n) is 2.10. The Morgan fingerprint density at radius 1 is 1.23 bits per heavy atom. The zero-order chi connectivity index (χ0) is 15.7. The minimum absolute atomic E-state index is 0.103. The topological polar surface area (TPSA) is 81.1 Å². The molecule has 0 unspecified atom stereocenters. The first-order valence-corrected chi connectivity index (χ1v) is 6.23. The Morgan fingerprint density at radius 2 is 2.00 bits per heavy atom. The van der Waals surface area contributed by atoms with E-state index in [2.05, 4.69) is 14.7 Å². The van der Waals surface area contributed by atoms with Gasteiger partial charge in [0, 0.05) is 12.1 Å². The number of nitrogens with one attached hydrogen (secondary N) is 1. The molecule has 0 saturated carbocycles. The summed E-state index contributed by atoms with van der Waals surface area (Å²) in [5.41, 5.74) is 1.17. The molecule has 0 aliphatic rings. The summed E-state index contributed by atoms with van der Waals surface area (Å²) < 4.78 is 29.4. The summed E-state index contributed by atoms with van der Waals surface area (Å²) in [5, 5.41) is 10.9. The van der Waals surface area contributed by atoms with Crippen LogP contribution in [0.2, 0.25) is 0 Å². The third-order valence-corrected chi connectivity index (χ3v) is 3.03. The summed E-state index contributed by atoms with van der Waals surface area (Å²) in [4.78, 5) is 17.4. The van der Waals surface area contributed by atoms with E-state index in [-0.39, 0.29) is 22.8 Å². The molecule has 1 heterocycles. The molecule has 0 fully saturated rings. The molecule has 3 rings (SSSR count). The second kappa shape index (κ2) is 5.40. The van der Waals surface area contributed by atoms with Crippen LogP contribution in [0.25, 0.3) is 22.4 Å². The third kappa shape index (κ3) is 2.58. The van der Waals surface area contributed by atoms with E-state index in [0.29, 0.717) is 11.0 Å². The highest BCUT2D eigenvalue weighted by atomic mass is 19.3. The first kappa shape index (κ1) is 13.9. The number of para-hydroxylation sites is 2. The number of nitrogens with zero attached hydrogens (tertiary/aromatic N) is 2. The van der Waals surface area contributed by atoms with Crippen molar-refractivity contribution in [2.45, 2.75) is 6.61 Å². The second-order valence-electron chi connectivity index (χ2n) is 4.42. The van der Waals surface area contributed by atoms with Gasteiger partial charge in [-0.1, -0.05) is 12.1 Å². The van der Waals surface area contributed by atoms with Crippen molar-refractivity contribution in [3.63, 3.8) is 0 Å². The van der Waals surface area contributed by atoms with E-state index in [4.69, 9.17) is 0 Å². The van der Waals surface area contributed by atoms with Crippen LogP contribution in [0.4, 0.5) is 14.5 Å². The van der Waals surface area contributed by atoms with Crippen LogP contribution in [0.5, 0.6) is 5.75 Å². The van der Waals surface area contributed by atoms with Crippen LogP contribution in [-0.2, 0) is 0 Å². The molecular weight excluding hydrogens is 296 g/mol. The highest BCUT2D eigenvalue weighted by Crippen LogP contribution is 2.33. The lowest BCUT2D eigenvalue weighted by Crippen LogP contribution is -2.04. The van der Waals surface area contributed by atoms with Gasteiger partial charge in [-0.15, -0.1) is 0 Å². The van der Waals surface area contributed by atoms with Gasteiger partial charge < -0.3 is 9.72 Å². The van der Waals surface area contributed by atoms with Crippen LogP contribution in [0.15, 0.2) is 42.5 Å². The maximum absolute atomic E-state index is 12.5. The first-order chi connectivity index (χ1) is 10.5. The summed E-state index contributed by atoms with van der Waals surface area (Å²) in [7, 11) is 0. The zero-order valence-corrected chi connectivity index (χ0v) is 11.0. The van der Waals surface area contributed by atoms with E-state index < -0.39 is 11.5 Å². The third-order valence-electron chi connectivity index (χ3n) is 3.03. The van der Waals surface area contributed by atoms with E-state index >= 15 is 0 Å². The Hall–Kier alpha value is -3.03. The molecule has 1 N–H and O–H groups in total. The number of benzene rings is 2. The number of nitro benzene ring substituents is 1. The largest absolute Gasteiger partial charge is 0.434 e. The number of halogens is 2. The number of hydrogen-bond donors (Lipinski definition) is 1. The number of fused-ring (bicyclic) bond motifs is 1. The predicted molar refractivity (Wildman–Crippen MR) is 74.8 cm³/mol. The Morgan fingerprint density at radius 3 is 2.68 bits per heavy atom. The monoisotopic (exact) mass is 305 g/mol. The summed E-state index contributed by atoms with van der Waals surface area (Å²) in [5.74, 6) is 0.0419. The molecule has 8 heteroatoms. The fraction of sp³-hybridized carbons (Fsp3) is 0.0714. The quantitative estimate of drug-likeness (QED) is 0.588. The van der Waals surface area contributed by atoms with Crippen molar-refractivity contribution in [2.24, 2.45) is 0 Å². The van der Waals surface area contributed by atoms with Crippen molar-refractivity contribution in [2.75, 3.05) is 0 Å². The number of rotatable bonds is 4. The molecule has 6 nitrogen and oxygen atoms in total. The van der Waals surface area contributed by atoms with Crippen molar-refractivity contribution in [3.8, 4) is 17.1 Å². The molecule has 22 heavy (non-hydrogen) atoms. The molecule has 0 saturated heterocycles. The van der Waals surface area contributed by atoms with Gasteiger partial charge in [0.1, 0.15) is 11.6 Å². The first-order valence-electron chi connectivity index (χ1n) is 6.23. The van der Waals surface area contributed by atoms with E-state index in [1.807, 2.05) is 0 Å². The van der Waals surface area contributed by atoms with Gasteiger partial charge in [0.15, 0.2) is 0 Å². The second-order valence-corrected chi connectivity index (χ2v) is 4.42. The Kier molecular flexibility index (Phi) is 3.42. The van der Waals surface area contributed by atoms with Crippen molar-refractivity contribution in [3.05, 3.63) is 52.6 Å². The number of H-pyrrole nitrogens is 1. The molecule has 1 aromatic heterocycles. The molecule has 0 amide bonds. The number of non-ortho nitro benzene ring substituents is 1. The molecule has 2 aromatic carbocycles. The molecule has 0 spiro atoms. The van der Waals surface area contributed by atoms with Gasteiger partial charge >= 0.3 is 6.61 Å². The SMILES string of the molecule is O=[N+]([O-])c1ccc(OC(F)F)c(-c2nc3ccccc3[nH]2)c1. The van der Waals surface area contributed by atoms with Gasteiger partial charge in [-0.25, -0.2) is 4.98 Å². The molecule has 3 aromatic rings. The predicted octanol–water partition coefficient (Wildman–Crippen LogP) is 3.74. The highest BCUT2D eigenvalue weighted by Gasteiger charge is 2.18. The number of nitro groups is 1. The number of imidazole rings is 1. The molecule has 0 aliphatic carbocycles. The molecule has 0 aliphatic heterocycles. The van der Waals surface area contributed by atoms with Crippen molar-refractivity contribution in [1.82, 2.24) is 9.97 Å². The summed E-state index contributed by atoms with van der Waals surface area (Å²) in [6.07, 6.45) is 0. The fourth-order valence-corrected chi connectivity index (χ4v) is 2.10. The molecule has 0 radical (unpaired) electrons. The summed E-state index contributed by atoms with van der Waals surface area (Å²) in [6, 6.07) is 10.4. The zero-order valence-electron chi connectivity index (χ0n) is 11.0. The minimum atomic E-state index is -3.04. The van der Waals surface area contributed by atoms with Crippen LogP contribution in [0.3, 0.4) is 0 Å². The van der Waals surface area contributed by atoms with Gasteiger partial charge in [-0.2, -0.15) is 8.78 Å². The average molecular weight is 305 g/mol. The number of alkyl halides is 2. The van der Waals surface area contributed by atoms with Crippen LogP contribution in [0, 0.1) is 10.1 Å². The highest BCUT2D eigenvalue weighted by molar-refractivity contribution is 5.81. The smallest absolute Gasteiger partial charge is 0.387 e. The van der Waals surface area contributed by atoms with Crippen molar-refractivity contribution in [1.29, 1.82) is 0 Å². The normalized spacial score (nSPS) is 11.0. The lowest BCUT2D eigenvalue weighted by molar-refractivity contribution is -0.384. The Balaban J connectivity index is 2.16. The maximum Gasteiger partial charge on any atom is 0.387 e. The van der Waals surface area contributed by atoms with Gasteiger partial charge in [0.05, 0.1) is 21.5 Å². The number of ether oxygens (including phenoxy) is 1. The van der Waals surface area contributed by atoms with E-state index in [0.717, 1.165) is 18.2 Å². The van der Waals surface area contributed by atoms with Crippen molar-refractivity contribution < 1.29 is 18.4 Å². The Labute approximate surface area is 122 Å². The van der Waals surface area contributed by atoms with Crippen LogP contribution >= 0.6 is 0 Å². The standard InChI is InChI=1S/C14H9F2N3O3/c15-14(16)22-12-6-5-8(19(20)21)7-9(12)13-17-10-3-1-2-4-11(10)18-13/h1-7,14H,(H,17,18). The maximum atomic E-state index is 12.5. The molecular formula is C14H9F2N3O3. The van der Waals surface area contributed by atoms with Gasteiger partial charge in [-0.05, 0) is 18.2 Å². The van der Waals surface area contributed by atoms with Crippen LogP contribution < -0.4 is 4.74 Å². The van der Waals surface area contributed by atoms with Crippen LogP contribution in [-0.4, -0.2) is 21.5 Å². The summed E-state index contributed by atoms with van der Waals surface area (Å²) >= 11 is 0.